The minimum absolute atomic E-state index is 0.0913. The molecule has 2 atom stereocenters. The zero-order valence-corrected chi connectivity index (χ0v) is 12.3. The molecule has 2 aromatic rings. The summed E-state index contributed by atoms with van der Waals surface area (Å²) >= 11 is 1.63. The van der Waals surface area contributed by atoms with Crippen molar-refractivity contribution < 1.29 is 4.39 Å². The summed E-state index contributed by atoms with van der Waals surface area (Å²) in [7, 11) is 0. The lowest BCUT2D eigenvalue weighted by molar-refractivity contribution is 0.444. The molecule has 1 aliphatic rings. The van der Waals surface area contributed by atoms with Gasteiger partial charge in [-0.25, -0.2) is 4.39 Å². The first-order chi connectivity index (χ1) is 9.75. The second kappa shape index (κ2) is 5.98. The van der Waals surface area contributed by atoms with E-state index >= 15 is 0 Å². The van der Waals surface area contributed by atoms with Gasteiger partial charge in [-0.05, 0) is 36.3 Å². The van der Waals surface area contributed by atoms with E-state index < -0.39 is 0 Å². The van der Waals surface area contributed by atoms with Crippen LogP contribution in [0.4, 0.5) is 4.39 Å². The Kier molecular flexibility index (Phi) is 4.08. The molecule has 1 nitrogen and oxygen atoms in total. The van der Waals surface area contributed by atoms with E-state index in [1.54, 1.807) is 17.8 Å². The summed E-state index contributed by atoms with van der Waals surface area (Å²) in [4.78, 5) is 0.816. The maximum atomic E-state index is 13.9. The largest absolute Gasteiger partial charge is 0.303 e. The maximum absolute atomic E-state index is 13.9. The molecule has 0 saturated heterocycles. The zero-order chi connectivity index (χ0) is 13.9. The van der Waals surface area contributed by atoms with Crippen molar-refractivity contribution in [3.05, 3.63) is 65.5 Å². The molecule has 0 radical (unpaired) electrons. The fourth-order valence-corrected chi connectivity index (χ4v) is 3.84. The Morgan fingerprint density at radius 3 is 2.75 bits per heavy atom. The Balaban J connectivity index is 1.82. The minimum Gasteiger partial charge on any atom is -0.303 e. The monoisotopic (exact) mass is 287 g/mol. The number of hydrogen-bond donors (Lipinski definition) is 1. The third kappa shape index (κ3) is 2.74. The molecule has 0 fully saturated rings. The van der Waals surface area contributed by atoms with E-state index in [0.717, 1.165) is 22.6 Å². The van der Waals surface area contributed by atoms with Crippen LogP contribution in [0.1, 0.15) is 36.6 Å². The number of thioether (sulfide) groups is 1. The van der Waals surface area contributed by atoms with Gasteiger partial charge in [0.2, 0.25) is 0 Å². The molecule has 0 amide bonds. The molecule has 3 heteroatoms. The summed E-state index contributed by atoms with van der Waals surface area (Å²) in [6.07, 6.45) is 1.04. The molecule has 1 N–H and O–H groups in total. The summed E-state index contributed by atoms with van der Waals surface area (Å²) in [6.45, 7) is 2.16. The second-order valence-electron chi connectivity index (χ2n) is 5.15. The van der Waals surface area contributed by atoms with Crippen LogP contribution < -0.4 is 5.32 Å². The average molecular weight is 287 g/mol. The fourth-order valence-electron chi connectivity index (χ4n) is 2.70. The summed E-state index contributed by atoms with van der Waals surface area (Å²) < 4.78 is 13.9. The minimum atomic E-state index is -0.0913. The Morgan fingerprint density at radius 2 is 1.95 bits per heavy atom. The molecule has 0 aromatic heterocycles. The molecule has 0 spiro atoms. The lowest BCUT2D eigenvalue weighted by Gasteiger charge is -2.29. The van der Waals surface area contributed by atoms with Gasteiger partial charge >= 0.3 is 0 Å². The van der Waals surface area contributed by atoms with Crippen molar-refractivity contribution in [3.8, 4) is 0 Å². The highest BCUT2D eigenvalue weighted by Crippen LogP contribution is 2.38. The fraction of sp³-hybridized carbons (Fsp3) is 0.294. The Labute approximate surface area is 123 Å². The van der Waals surface area contributed by atoms with E-state index in [1.165, 1.54) is 5.56 Å². The quantitative estimate of drug-likeness (QED) is 0.877. The van der Waals surface area contributed by atoms with Crippen LogP contribution >= 0.6 is 11.8 Å². The number of nitrogens with one attached hydrogen (secondary N) is 1. The van der Waals surface area contributed by atoms with Gasteiger partial charge in [0.1, 0.15) is 5.82 Å². The van der Waals surface area contributed by atoms with Gasteiger partial charge in [-0.2, -0.15) is 0 Å². The van der Waals surface area contributed by atoms with Gasteiger partial charge in [0.25, 0.3) is 0 Å². The number of benzene rings is 2. The van der Waals surface area contributed by atoms with Crippen molar-refractivity contribution in [3.63, 3.8) is 0 Å². The predicted molar refractivity (Wildman–Crippen MR) is 82.5 cm³/mol. The van der Waals surface area contributed by atoms with Gasteiger partial charge in [-0.1, -0.05) is 42.5 Å². The molecule has 1 unspecified atom stereocenters. The topological polar surface area (TPSA) is 12.0 Å². The van der Waals surface area contributed by atoms with Crippen LogP contribution in [0.5, 0.6) is 0 Å². The molecule has 104 valence electrons. The van der Waals surface area contributed by atoms with Gasteiger partial charge in [0.15, 0.2) is 0 Å². The highest BCUT2D eigenvalue weighted by molar-refractivity contribution is 7.99. The van der Waals surface area contributed by atoms with E-state index in [0.29, 0.717) is 0 Å². The van der Waals surface area contributed by atoms with Crippen molar-refractivity contribution in [2.24, 2.45) is 0 Å². The van der Waals surface area contributed by atoms with Gasteiger partial charge < -0.3 is 5.32 Å². The molecule has 0 bridgehead atoms. The second-order valence-corrected chi connectivity index (χ2v) is 6.25. The molecule has 20 heavy (non-hydrogen) atoms. The van der Waals surface area contributed by atoms with E-state index in [-0.39, 0.29) is 17.9 Å². The molecule has 1 heterocycles. The Hall–Kier alpha value is -1.32. The number of fused-ring (bicyclic) bond motifs is 1. The molecular weight excluding hydrogens is 269 g/mol. The van der Waals surface area contributed by atoms with Crippen LogP contribution in [-0.2, 0) is 0 Å². The first-order valence-electron chi connectivity index (χ1n) is 6.98. The van der Waals surface area contributed by atoms with Gasteiger partial charge in [-0.3, -0.25) is 0 Å². The normalized spacial score (nSPS) is 19.4. The molecule has 1 aliphatic heterocycles. The number of rotatable bonds is 3. The SMILES string of the molecule is C[C@H](NC1CCSc2c(F)cccc21)c1ccccc1. The van der Waals surface area contributed by atoms with E-state index in [9.17, 15) is 4.39 Å². The zero-order valence-electron chi connectivity index (χ0n) is 11.5. The van der Waals surface area contributed by atoms with Gasteiger partial charge in [0, 0.05) is 17.0 Å². The lowest BCUT2D eigenvalue weighted by Crippen LogP contribution is -2.27. The first kappa shape index (κ1) is 13.7. The van der Waals surface area contributed by atoms with Crippen LogP contribution in [0.2, 0.25) is 0 Å². The molecular formula is C17H18FNS. The molecule has 2 aromatic carbocycles. The van der Waals surface area contributed by atoms with Crippen molar-refractivity contribution in [2.45, 2.75) is 30.3 Å². The van der Waals surface area contributed by atoms with E-state index in [1.807, 2.05) is 18.2 Å². The van der Waals surface area contributed by atoms with Crippen LogP contribution in [0.3, 0.4) is 0 Å². The van der Waals surface area contributed by atoms with Gasteiger partial charge in [-0.15, -0.1) is 11.8 Å². The summed E-state index contributed by atoms with van der Waals surface area (Å²) in [5, 5.41) is 3.64. The smallest absolute Gasteiger partial charge is 0.137 e. The van der Waals surface area contributed by atoms with Crippen LogP contribution in [-0.4, -0.2) is 5.75 Å². The third-order valence-corrected chi connectivity index (χ3v) is 4.94. The summed E-state index contributed by atoms with van der Waals surface area (Å²) in [6, 6.07) is 16.3. The van der Waals surface area contributed by atoms with Crippen molar-refractivity contribution in [1.82, 2.24) is 5.32 Å². The highest BCUT2D eigenvalue weighted by atomic mass is 32.2. The van der Waals surface area contributed by atoms with Crippen molar-refractivity contribution in [1.29, 1.82) is 0 Å². The van der Waals surface area contributed by atoms with Crippen LogP contribution in [0.25, 0.3) is 0 Å². The van der Waals surface area contributed by atoms with Crippen molar-refractivity contribution >= 4 is 11.8 Å². The third-order valence-electron chi connectivity index (χ3n) is 3.78. The maximum Gasteiger partial charge on any atom is 0.137 e. The average Bonchev–Trinajstić information content (AvgIpc) is 2.49. The van der Waals surface area contributed by atoms with E-state index in [2.05, 4.69) is 36.5 Å². The summed E-state index contributed by atoms with van der Waals surface area (Å²) in [5.41, 5.74) is 2.37. The van der Waals surface area contributed by atoms with Crippen LogP contribution in [0.15, 0.2) is 53.4 Å². The molecule has 3 rings (SSSR count). The number of halogens is 1. The van der Waals surface area contributed by atoms with Gasteiger partial charge in [0.05, 0.1) is 0 Å². The molecule has 0 saturated carbocycles. The van der Waals surface area contributed by atoms with Crippen molar-refractivity contribution in [2.75, 3.05) is 5.75 Å². The van der Waals surface area contributed by atoms with Crippen LogP contribution in [0, 0.1) is 5.82 Å². The number of hydrogen-bond acceptors (Lipinski definition) is 2. The standard InChI is InChI=1S/C17H18FNS/c1-12(13-6-3-2-4-7-13)19-16-10-11-20-17-14(16)8-5-9-15(17)18/h2-9,12,16,19H,10-11H2,1H3/t12-,16?/m0/s1. The van der Waals surface area contributed by atoms with E-state index in [4.69, 9.17) is 0 Å². The predicted octanol–water partition coefficient (Wildman–Crippen LogP) is 4.71. The molecule has 0 aliphatic carbocycles. The highest BCUT2D eigenvalue weighted by Gasteiger charge is 2.24. The first-order valence-corrected chi connectivity index (χ1v) is 7.96. The summed E-state index contributed by atoms with van der Waals surface area (Å²) in [5.74, 6) is 0.874. The Bertz CT molecular complexity index is 585. The lowest BCUT2D eigenvalue weighted by atomic mass is 10.0. The Morgan fingerprint density at radius 1 is 1.15 bits per heavy atom.